The third-order valence-electron chi connectivity index (χ3n) is 3.63. The Morgan fingerprint density at radius 3 is 2.88 bits per heavy atom. The van der Waals surface area contributed by atoms with Crippen molar-refractivity contribution in [1.29, 1.82) is 0 Å². The van der Waals surface area contributed by atoms with Crippen LogP contribution in [0.15, 0.2) is 18.8 Å². The van der Waals surface area contributed by atoms with Crippen LogP contribution in [0.5, 0.6) is 0 Å². The van der Waals surface area contributed by atoms with E-state index in [0.29, 0.717) is 6.04 Å². The monoisotopic (exact) mass is 227 g/mol. The Kier molecular flexibility index (Phi) is 2.46. The predicted molar refractivity (Wildman–Crippen MR) is 69.9 cm³/mol. The quantitative estimate of drug-likeness (QED) is 0.786. The Bertz CT molecular complexity index is 562. The van der Waals surface area contributed by atoms with Gasteiger partial charge in [0, 0.05) is 23.3 Å². The van der Waals surface area contributed by atoms with Gasteiger partial charge in [-0.25, -0.2) is 9.97 Å². The van der Waals surface area contributed by atoms with Gasteiger partial charge in [0.2, 0.25) is 0 Å². The fraction of sp³-hybridized carbons (Fsp3) is 0.429. The van der Waals surface area contributed by atoms with E-state index in [-0.39, 0.29) is 0 Å². The first-order valence-electron chi connectivity index (χ1n) is 6.26. The van der Waals surface area contributed by atoms with Crippen molar-refractivity contribution in [1.82, 2.24) is 14.5 Å². The normalized spacial score (nSPS) is 16.8. The third kappa shape index (κ3) is 1.66. The zero-order valence-corrected chi connectivity index (χ0v) is 10.2. The number of aromatic nitrogens is 3. The van der Waals surface area contributed by atoms with E-state index >= 15 is 0 Å². The van der Waals surface area contributed by atoms with Crippen LogP contribution in [0.1, 0.15) is 43.2 Å². The van der Waals surface area contributed by atoms with Crippen LogP contribution < -0.4 is 0 Å². The molecule has 0 aromatic carbocycles. The molecule has 0 unspecified atom stereocenters. The van der Waals surface area contributed by atoms with Gasteiger partial charge in [-0.15, -0.1) is 0 Å². The minimum Gasteiger partial charge on any atom is -0.323 e. The van der Waals surface area contributed by atoms with Crippen LogP contribution in [0.25, 0.3) is 17.1 Å². The minimum absolute atomic E-state index is 0.592. The molecule has 0 atom stereocenters. The van der Waals surface area contributed by atoms with Crippen molar-refractivity contribution >= 4 is 17.1 Å². The SMILES string of the molecule is C=Cc1cc2cnc(C)nc2n1C1CCCC1. The molecular formula is C14H17N3. The summed E-state index contributed by atoms with van der Waals surface area (Å²) in [4.78, 5) is 8.86. The number of hydrogen-bond acceptors (Lipinski definition) is 2. The van der Waals surface area contributed by atoms with Crippen LogP contribution in [0.4, 0.5) is 0 Å². The maximum Gasteiger partial charge on any atom is 0.144 e. The van der Waals surface area contributed by atoms with Crippen LogP contribution in [0.2, 0.25) is 0 Å². The van der Waals surface area contributed by atoms with Gasteiger partial charge in [-0.05, 0) is 31.9 Å². The average Bonchev–Trinajstić information content (AvgIpc) is 2.93. The highest BCUT2D eigenvalue weighted by molar-refractivity contribution is 5.79. The predicted octanol–water partition coefficient (Wildman–Crippen LogP) is 3.50. The molecule has 0 aliphatic heterocycles. The molecular weight excluding hydrogens is 210 g/mol. The molecule has 2 aromatic heterocycles. The summed E-state index contributed by atoms with van der Waals surface area (Å²) in [5, 5.41) is 1.12. The van der Waals surface area contributed by atoms with Crippen molar-refractivity contribution in [3.05, 3.63) is 30.4 Å². The molecule has 1 aliphatic rings. The zero-order chi connectivity index (χ0) is 11.8. The highest BCUT2D eigenvalue weighted by Crippen LogP contribution is 2.34. The molecule has 1 saturated carbocycles. The second-order valence-corrected chi connectivity index (χ2v) is 4.78. The van der Waals surface area contributed by atoms with Crippen LogP contribution in [-0.2, 0) is 0 Å². The minimum atomic E-state index is 0.592. The molecule has 2 heterocycles. The first-order chi connectivity index (χ1) is 8.29. The van der Waals surface area contributed by atoms with E-state index in [1.807, 2.05) is 19.2 Å². The molecule has 3 nitrogen and oxygen atoms in total. The molecule has 3 rings (SSSR count). The second-order valence-electron chi connectivity index (χ2n) is 4.78. The molecule has 88 valence electrons. The fourth-order valence-corrected chi connectivity index (χ4v) is 2.82. The van der Waals surface area contributed by atoms with Gasteiger partial charge < -0.3 is 4.57 Å². The topological polar surface area (TPSA) is 30.7 Å². The van der Waals surface area contributed by atoms with Crippen molar-refractivity contribution in [3.63, 3.8) is 0 Å². The number of aryl methyl sites for hydroxylation is 1. The highest BCUT2D eigenvalue weighted by Gasteiger charge is 2.21. The molecule has 0 radical (unpaired) electrons. The average molecular weight is 227 g/mol. The molecule has 0 spiro atoms. The Balaban J connectivity index is 2.24. The van der Waals surface area contributed by atoms with Gasteiger partial charge in [0.1, 0.15) is 11.5 Å². The van der Waals surface area contributed by atoms with Crippen LogP contribution in [-0.4, -0.2) is 14.5 Å². The molecule has 0 amide bonds. The highest BCUT2D eigenvalue weighted by atomic mass is 15.1. The van der Waals surface area contributed by atoms with Gasteiger partial charge in [-0.1, -0.05) is 19.4 Å². The van der Waals surface area contributed by atoms with E-state index in [4.69, 9.17) is 0 Å². The largest absolute Gasteiger partial charge is 0.323 e. The Morgan fingerprint density at radius 1 is 1.41 bits per heavy atom. The van der Waals surface area contributed by atoms with Crippen molar-refractivity contribution < 1.29 is 0 Å². The van der Waals surface area contributed by atoms with Crippen LogP contribution in [0, 0.1) is 6.92 Å². The maximum atomic E-state index is 4.59. The molecule has 1 fully saturated rings. The van der Waals surface area contributed by atoms with Gasteiger partial charge in [-0.2, -0.15) is 0 Å². The standard InChI is InChI=1S/C14H17N3/c1-3-12-8-11-9-15-10(2)16-14(11)17(12)13-6-4-5-7-13/h3,8-9,13H,1,4-7H2,2H3. The summed E-state index contributed by atoms with van der Waals surface area (Å²) in [7, 11) is 0. The lowest BCUT2D eigenvalue weighted by Crippen LogP contribution is -2.07. The molecule has 3 heteroatoms. The van der Waals surface area contributed by atoms with Crippen molar-refractivity contribution in [2.24, 2.45) is 0 Å². The van der Waals surface area contributed by atoms with E-state index in [1.54, 1.807) is 0 Å². The number of nitrogens with zero attached hydrogens (tertiary/aromatic N) is 3. The molecule has 0 saturated heterocycles. The summed E-state index contributed by atoms with van der Waals surface area (Å²) >= 11 is 0. The lowest BCUT2D eigenvalue weighted by Gasteiger charge is -2.15. The zero-order valence-electron chi connectivity index (χ0n) is 10.2. The van der Waals surface area contributed by atoms with E-state index in [1.165, 1.54) is 31.4 Å². The van der Waals surface area contributed by atoms with Crippen molar-refractivity contribution in [2.75, 3.05) is 0 Å². The van der Waals surface area contributed by atoms with Gasteiger partial charge in [0.25, 0.3) is 0 Å². The summed E-state index contributed by atoms with van der Waals surface area (Å²) in [6.45, 7) is 5.86. The number of fused-ring (bicyclic) bond motifs is 1. The Hall–Kier alpha value is -1.64. The summed E-state index contributed by atoms with van der Waals surface area (Å²) in [5.41, 5.74) is 2.24. The number of rotatable bonds is 2. The lowest BCUT2D eigenvalue weighted by molar-refractivity contribution is 0.529. The smallest absolute Gasteiger partial charge is 0.144 e. The summed E-state index contributed by atoms with van der Waals surface area (Å²) in [6.07, 6.45) is 9.00. The van der Waals surface area contributed by atoms with Gasteiger partial charge in [0.05, 0.1) is 0 Å². The van der Waals surface area contributed by atoms with E-state index in [2.05, 4.69) is 27.2 Å². The van der Waals surface area contributed by atoms with E-state index < -0.39 is 0 Å². The molecule has 1 aliphatic carbocycles. The number of hydrogen-bond donors (Lipinski definition) is 0. The van der Waals surface area contributed by atoms with E-state index in [9.17, 15) is 0 Å². The summed E-state index contributed by atoms with van der Waals surface area (Å²) < 4.78 is 2.35. The summed E-state index contributed by atoms with van der Waals surface area (Å²) in [5.74, 6) is 0.838. The van der Waals surface area contributed by atoms with Crippen molar-refractivity contribution in [3.8, 4) is 0 Å². The Morgan fingerprint density at radius 2 is 2.18 bits per heavy atom. The van der Waals surface area contributed by atoms with Crippen LogP contribution in [0.3, 0.4) is 0 Å². The first kappa shape index (κ1) is 10.5. The second kappa shape index (κ2) is 3.99. The third-order valence-corrected chi connectivity index (χ3v) is 3.63. The fourth-order valence-electron chi connectivity index (χ4n) is 2.82. The molecule has 0 N–H and O–H groups in total. The first-order valence-corrected chi connectivity index (χ1v) is 6.26. The van der Waals surface area contributed by atoms with Crippen molar-refractivity contribution in [2.45, 2.75) is 38.6 Å². The maximum absolute atomic E-state index is 4.59. The molecule has 2 aromatic rings. The van der Waals surface area contributed by atoms with Gasteiger partial charge in [-0.3, -0.25) is 0 Å². The van der Waals surface area contributed by atoms with Gasteiger partial charge in [0.15, 0.2) is 0 Å². The molecule has 17 heavy (non-hydrogen) atoms. The van der Waals surface area contributed by atoms with E-state index in [0.717, 1.165) is 16.9 Å². The Labute approximate surface area is 101 Å². The van der Waals surface area contributed by atoms with Gasteiger partial charge >= 0.3 is 0 Å². The summed E-state index contributed by atoms with van der Waals surface area (Å²) in [6, 6.07) is 2.73. The van der Waals surface area contributed by atoms with Crippen LogP contribution >= 0.6 is 0 Å². The molecule has 0 bridgehead atoms. The lowest BCUT2D eigenvalue weighted by atomic mass is 10.2.